The van der Waals surface area contributed by atoms with Crippen molar-refractivity contribution in [2.45, 2.75) is 72.8 Å². The van der Waals surface area contributed by atoms with Crippen LogP contribution in [-0.2, 0) is 41.8 Å². The Morgan fingerprint density at radius 1 is 0.735 bits per heavy atom. The SMILES string of the molecule is CCOC(=O)C(Sc1ccc(CNOC2CCCCO2)cc1)c1ccccc1.CCOC(=O)C(Sc1ccc(CO)cc1)c1ccccc1. The molecule has 1 saturated heterocycles. The average Bonchev–Trinajstić information content (AvgIpc) is 3.15. The Bertz CT molecular complexity index is 1520. The number of nitrogens with one attached hydrogen (secondary N) is 1. The van der Waals surface area contributed by atoms with E-state index in [4.69, 9.17) is 24.2 Å². The van der Waals surface area contributed by atoms with Gasteiger partial charge in [-0.2, -0.15) is 5.48 Å². The predicted octanol–water partition coefficient (Wildman–Crippen LogP) is 8.21. The van der Waals surface area contributed by atoms with Gasteiger partial charge in [0.1, 0.15) is 10.5 Å². The predicted molar refractivity (Wildman–Crippen MR) is 194 cm³/mol. The van der Waals surface area contributed by atoms with Crippen LogP contribution < -0.4 is 5.48 Å². The minimum absolute atomic E-state index is 0.0188. The molecule has 3 unspecified atom stereocenters. The van der Waals surface area contributed by atoms with Crippen LogP contribution in [0, 0.1) is 0 Å². The van der Waals surface area contributed by atoms with Gasteiger partial charge in [-0.05, 0) is 73.2 Å². The van der Waals surface area contributed by atoms with Gasteiger partial charge in [0.15, 0.2) is 6.29 Å². The number of carbonyl (C=O) groups excluding carboxylic acids is 2. The van der Waals surface area contributed by atoms with Gasteiger partial charge in [-0.25, -0.2) is 0 Å². The van der Waals surface area contributed by atoms with Crippen molar-refractivity contribution in [3.8, 4) is 0 Å². The molecule has 1 fully saturated rings. The maximum atomic E-state index is 12.4. The minimum atomic E-state index is -0.383. The van der Waals surface area contributed by atoms with E-state index in [0.717, 1.165) is 57.9 Å². The molecule has 49 heavy (non-hydrogen) atoms. The molecule has 4 aromatic rings. The van der Waals surface area contributed by atoms with Crippen LogP contribution in [0.2, 0.25) is 0 Å². The number of esters is 2. The Balaban J connectivity index is 0.000000230. The minimum Gasteiger partial charge on any atom is -0.465 e. The second-order valence-corrected chi connectivity index (χ2v) is 13.4. The molecule has 0 amide bonds. The van der Waals surface area contributed by atoms with Crippen LogP contribution in [0.5, 0.6) is 0 Å². The number of carbonyl (C=O) groups is 2. The molecule has 0 radical (unpaired) electrons. The molecular weight excluding hydrogens is 659 g/mol. The third kappa shape index (κ3) is 13.0. The molecule has 10 heteroatoms. The molecular formula is C39H45NO7S2. The smallest absolute Gasteiger partial charge is 0.323 e. The number of aliphatic hydroxyl groups is 1. The van der Waals surface area contributed by atoms with Crippen LogP contribution in [0.4, 0.5) is 0 Å². The first-order valence-corrected chi connectivity index (χ1v) is 18.3. The number of hydrogen-bond donors (Lipinski definition) is 2. The molecule has 5 rings (SSSR count). The summed E-state index contributed by atoms with van der Waals surface area (Å²) in [5, 5.41) is 8.30. The monoisotopic (exact) mass is 703 g/mol. The van der Waals surface area contributed by atoms with Crippen LogP contribution in [0.3, 0.4) is 0 Å². The van der Waals surface area contributed by atoms with Crippen LogP contribution in [0.15, 0.2) is 119 Å². The first-order valence-electron chi connectivity index (χ1n) is 16.6. The van der Waals surface area contributed by atoms with E-state index in [0.29, 0.717) is 19.8 Å². The van der Waals surface area contributed by atoms with Crippen LogP contribution >= 0.6 is 23.5 Å². The van der Waals surface area contributed by atoms with Crippen LogP contribution in [0.1, 0.15) is 65.9 Å². The Morgan fingerprint density at radius 2 is 1.22 bits per heavy atom. The lowest BCUT2D eigenvalue weighted by Gasteiger charge is -2.22. The summed E-state index contributed by atoms with van der Waals surface area (Å²) in [6.07, 6.45) is 3.02. The van der Waals surface area contributed by atoms with Crippen molar-refractivity contribution in [1.29, 1.82) is 0 Å². The lowest BCUT2D eigenvalue weighted by molar-refractivity contribution is -0.198. The van der Waals surface area contributed by atoms with E-state index in [2.05, 4.69) is 5.48 Å². The molecule has 0 spiro atoms. The third-order valence-electron chi connectivity index (χ3n) is 7.37. The number of aliphatic hydroxyl groups excluding tert-OH is 1. The quantitative estimate of drug-likeness (QED) is 0.0716. The molecule has 260 valence electrons. The zero-order chi connectivity index (χ0) is 34.7. The summed E-state index contributed by atoms with van der Waals surface area (Å²) in [6, 6.07) is 35.0. The first-order chi connectivity index (χ1) is 24.0. The van der Waals surface area contributed by atoms with Gasteiger partial charge in [0.2, 0.25) is 0 Å². The second-order valence-electron chi connectivity index (χ2n) is 11.0. The summed E-state index contributed by atoms with van der Waals surface area (Å²) in [7, 11) is 0. The number of thioether (sulfide) groups is 2. The van der Waals surface area contributed by atoms with Crippen molar-refractivity contribution in [1.82, 2.24) is 5.48 Å². The molecule has 0 saturated carbocycles. The molecule has 8 nitrogen and oxygen atoms in total. The van der Waals surface area contributed by atoms with Gasteiger partial charge < -0.3 is 19.3 Å². The van der Waals surface area contributed by atoms with E-state index >= 15 is 0 Å². The fourth-order valence-electron chi connectivity index (χ4n) is 4.85. The van der Waals surface area contributed by atoms with E-state index in [9.17, 15) is 9.59 Å². The molecule has 1 heterocycles. The summed E-state index contributed by atoms with van der Waals surface area (Å²) in [6.45, 7) is 5.76. The van der Waals surface area contributed by atoms with Crippen molar-refractivity contribution < 1.29 is 33.7 Å². The zero-order valence-corrected chi connectivity index (χ0v) is 29.6. The molecule has 4 aromatic carbocycles. The summed E-state index contributed by atoms with van der Waals surface area (Å²) in [5.41, 5.74) is 6.81. The van der Waals surface area contributed by atoms with Crippen molar-refractivity contribution in [2.24, 2.45) is 0 Å². The summed E-state index contributed by atoms with van der Waals surface area (Å²) < 4.78 is 16.0. The number of hydrogen-bond acceptors (Lipinski definition) is 10. The fourth-order valence-corrected chi connectivity index (χ4v) is 6.90. The lowest BCUT2D eigenvalue weighted by atomic mass is 10.1. The Labute approximate surface area is 297 Å². The van der Waals surface area contributed by atoms with Gasteiger partial charge in [0, 0.05) is 29.4 Å². The molecule has 1 aliphatic heterocycles. The highest BCUT2D eigenvalue weighted by Gasteiger charge is 2.24. The van der Waals surface area contributed by atoms with E-state index in [1.54, 1.807) is 6.92 Å². The standard InChI is InChI=1S/C22H27NO4S.C17H18O3S/c1-2-25-22(24)21(18-8-4-3-5-9-18)28-19-13-11-17(12-14-19)16-23-27-20-10-6-7-15-26-20;1-2-20-17(19)16(14-6-4-3-5-7-14)21-15-10-8-13(12-18)9-11-15/h3-5,8-9,11-14,20-21,23H,2,6-7,10,15-16H2,1H3;3-11,16,18H,2,12H2,1H3. The molecule has 3 atom stereocenters. The largest absolute Gasteiger partial charge is 0.465 e. The second kappa shape index (κ2) is 21.4. The highest BCUT2D eigenvalue weighted by atomic mass is 32.2. The molecule has 1 aliphatic rings. The molecule has 2 N–H and O–H groups in total. The fraction of sp³-hybridized carbons (Fsp3) is 0.333. The van der Waals surface area contributed by atoms with E-state index in [1.807, 2.05) is 116 Å². The number of ether oxygens (including phenoxy) is 3. The first kappa shape index (κ1) is 38.2. The van der Waals surface area contributed by atoms with Gasteiger partial charge in [0.05, 0.1) is 19.8 Å². The third-order valence-corrected chi connectivity index (χ3v) is 9.86. The normalized spacial score (nSPS) is 15.3. The average molecular weight is 704 g/mol. The maximum absolute atomic E-state index is 12.4. The zero-order valence-electron chi connectivity index (χ0n) is 28.0. The van der Waals surface area contributed by atoms with Crippen LogP contribution in [-0.4, -0.2) is 43.2 Å². The summed E-state index contributed by atoms with van der Waals surface area (Å²) >= 11 is 2.95. The van der Waals surface area contributed by atoms with Crippen molar-refractivity contribution >= 4 is 35.5 Å². The van der Waals surface area contributed by atoms with Gasteiger partial charge in [-0.1, -0.05) is 84.9 Å². The highest BCUT2D eigenvalue weighted by Crippen LogP contribution is 2.37. The topological polar surface area (TPSA) is 103 Å². The Hall–Kier alpha value is -3.64. The summed E-state index contributed by atoms with van der Waals surface area (Å²) in [5.74, 6) is -0.453. The van der Waals surface area contributed by atoms with E-state index < -0.39 is 0 Å². The maximum Gasteiger partial charge on any atom is 0.323 e. The highest BCUT2D eigenvalue weighted by molar-refractivity contribution is 8.00. The van der Waals surface area contributed by atoms with Crippen molar-refractivity contribution in [2.75, 3.05) is 19.8 Å². The van der Waals surface area contributed by atoms with E-state index in [-0.39, 0.29) is 35.3 Å². The van der Waals surface area contributed by atoms with Gasteiger partial charge in [-0.3, -0.25) is 14.4 Å². The van der Waals surface area contributed by atoms with E-state index in [1.165, 1.54) is 23.5 Å². The lowest BCUT2D eigenvalue weighted by Crippen LogP contribution is -2.29. The Morgan fingerprint density at radius 3 is 1.65 bits per heavy atom. The van der Waals surface area contributed by atoms with Gasteiger partial charge in [0.25, 0.3) is 0 Å². The molecule has 0 aliphatic carbocycles. The van der Waals surface area contributed by atoms with Gasteiger partial charge >= 0.3 is 11.9 Å². The number of hydroxylamine groups is 1. The van der Waals surface area contributed by atoms with Crippen molar-refractivity contribution in [3.63, 3.8) is 0 Å². The molecule has 0 aromatic heterocycles. The summed E-state index contributed by atoms with van der Waals surface area (Å²) in [4.78, 5) is 32.2. The number of benzene rings is 4. The van der Waals surface area contributed by atoms with Crippen LogP contribution in [0.25, 0.3) is 0 Å². The number of rotatable bonds is 15. The van der Waals surface area contributed by atoms with Gasteiger partial charge in [-0.15, -0.1) is 23.5 Å². The Kier molecular flexibility index (Phi) is 16.7. The van der Waals surface area contributed by atoms with Crippen molar-refractivity contribution in [3.05, 3.63) is 131 Å². The molecule has 0 bridgehead atoms.